The highest BCUT2D eigenvalue weighted by atomic mass is 16.8. The summed E-state index contributed by atoms with van der Waals surface area (Å²) >= 11 is 0. The maximum Gasteiger partial charge on any atom is 0.348 e. The molecule has 0 spiro atoms. The molecule has 0 aromatic heterocycles. The molecule has 3 N–H and O–H groups in total. The van der Waals surface area contributed by atoms with Crippen molar-refractivity contribution in [1.82, 2.24) is 10.6 Å². The van der Waals surface area contributed by atoms with E-state index in [0.717, 1.165) is 25.7 Å². The molecule has 5 atom stereocenters. The largest absolute Gasteiger partial charge is 0.462 e. The third-order valence-corrected chi connectivity index (χ3v) is 10.6. The number of amides is 2. The minimum absolute atomic E-state index is 0.000162. The number of esters is 4. The Labute approximate surface area is 332 Å². The van der Waals surface area contributed by atoms with Crippen LogP contribution in [0.5, 0.6) is 0 Å². The van der Waals surface area contributed by atoms with Gasteiger partial charge in [-0.15, -0.1) is 0 Å². The number of fused-ring (bicyclic) bond motifs is 1. The molecule has 5 unspecified atom stereocenters. The summed E-state index contributed by atoms with van der Waals surface area (Å²) in [4.78, 5) is 76.2. The van der Waals surface area contributed by atoms with E-state index < -0.39 is 83.0 Å². The Morgan fingerprint density at radius 2 is 1.67 bits per heavy atom. The van der Waals surface area contributed by atoms with Crippen molar-refractivity contribution in [1.29, 1.82) is 0 Å². The Kier molecular flexibility index (Phi) is 12.6. The first-order valence-electron chi connectivity index (χ1n) is 19.8. The van der Waals surface area contributed by atoms with Crippen molar-refractivity contribution < 1.29 is 62.3 Å². The van der Waals surface area contributed by atoms with Crippen LogP contribution in [0.1, 0.15) is 102 Å². The normalized spacial score (nSPS) is 25.4. The summed E-state index contributed by atoms with van der Waals surface area (Å²) < 4.78 is 35.0. The van der Waals surface area contributed by atoms with Gasteiger partial charge in [0.15, 0.2) is 5.79 Å². The lowest BCUT2D eigenvalue weighted by molar-refractivity contribution is -0.209. The first-order chi connectivity index (χ1) is 27.0. The highest BCUT2D eigenvalue weighted by Crippen LogP contribution is 2.59. The van der Waals surface area contributed by atoms with Gasteiger partial charge in [-0.3, -0.25) is 14.4 Å². The number of carbonyl (C=O) groups excluding carboxylic acids is 6. The zero-order valence-corrected chi connectivity index (χ0v) is 33.2. The maximum absolute atomic E-state index is 13.5. The summed E-state index contributed by atoms with van der Waals surface area (Å²) in [5.74, 6) is -3.50. The van der Waals surface area contributed by atoms with Gasteiger partial charge in [-0.2, -0.15) is 0 Å². The van der Waals surface area contributed by atoms with Crippen molar-refractivity contribution in [2.24, 2.45) is 17.3 Å². The predicted octanol–water partition coefficient (Wildman–Crippen LogP) is 3.46. The lowest BCUT2D eigenvalue weighted by Gasteiger charge is -2.31. The fourth-order valence-corrected chi connectivity index (χ4v) is 7.36. The molecule has 2 heterocycles. The Balaban J connectivity index is 1.05. The number of ether oxygens (including phenoxy) is 6. The van der Waals surface area contributed by atoms with Crippen LogP contribution in [-0.2, 0) is 52.4 Å². The number of hydrogen-bond acceptors (Lipinski definition) is 13. The number of hydrogen-bond donors (Lipinski definition) is 3. The van der Waals surface area contributed by atoms with Crippen LogP contribution >= 0.6 is 0 Å². The molecule has 0 radical (unpaired) electrons. The minimum atomic E-state index is -0.998. The minimum Gasteiger partial charge on any atom is -0.462 e. The van der Waals surface area contributed by atoms with Gasteiger partial charge in [0.2, 0.25) is 17.9 Å². The maximum atomic E-state index is 13.5. The molecule has 2 amide bonds. The standard InChI is InChI=1S/C42H54N2O13/c1-40(2,3)56-34(48)17-15-29(22-45)44-32(46)18-19-43-37(49)26-20-30(35-31(21-26)55-42(57-35,27-11-12-27)28-13-14-28)53-38(50)25-9-6-24(7-10-25)8-16-33(47)54-36-39(51)52-23-41(36,4)5/h6-10,16,21,27-31,35-36,45H,11-15,17-20,22-23H2,1-5H3,(H,43,49)(H,44,46). The summed E-state index contributed by atoms with van der Waals surface area (Å²) in [5, 5.41) is 15.2. The van der Waals surface area contributed by atoms with Gasteiger partial charge >= 0.3 is 23.9 Å². The molecule has 3 aliphatic carbocycles. The molecule has 1 aromatic rings. The topological polar surface area (TPSA) is 202 Å². The van der Waals surface area contributed by atoms with E-state index in [0.29, 0.717) is 11.1 Å². The first kappa shape index (κ1) is 42.0. The van der Waals surface area contributed by atoms with Crippen LogP contribution in [0.25, 0.3) is 6.08 Å². The molecular weight excluding hydrogens is 740 g/mol. The van der Waals surface area contributed by atoms with Crippen molar-refractivity contribution in [3.63, 3.8) is 0 Å². The van der Waals surface area contributed by atoms with Gasteiger partial charge < -0.3 is 44.2 Å². The molecule has 15 nitrogen and oxygen atoms in total. The number of carbonyl (C=O) groups is 6. The zero-order chi connectivity index (χ0) is 41.1. The molecular formula is C42H54N2O13. The van der Waals surface area contributed by atoms with Crippen molar-refractivity contribution in [3.05, 3.63) is 53.1 Å². The first-order valence-corrected chi connectivity index (χ1v) is 19.8. The second-order valence-corrected chi connectivity index (χ2v) is 17.2. The van der Waals surface area contributed by atoms with E-state index in [4.69, 9.17) is 28.4 Å². The van der Waals surface area contributed by atoms with E-state index in [1.54, 1.807) is 65.0 Å². The van der Waals surface area contributed by atoms with E-state index in [2.05, 4.69) is 10.6 Å². The molecule has 57 heavy (non-hydrogen) atoms. The number of aliphatic hydroxyl groups excluding tert-OH is 1. The predicted molar refractivity (Wildman–Crippen MR) is 202 cm³/mol. The molecule has 2 aliphatic heterocycles. The summed E-state index contributed by atoms with van der Waals surface area (Å²) in [6, 6.07) is 5.74. The van der Waals surface area contributed by atoms with Gasteiger partial charge in [-0.05, 0) is 82.7 Å². The lowest BCUT2D eigenvalue weighted by Crippen LogP contribution is -2.44. The Morgan fingerprint density at radius 1 is 0.982 bits per heavy atom. The quantitative estimate of drug-likeness (QED) is 0.125. The number of aliphatic hydroxyl groups is 1. The van der Waals surface area contributed by atoms with Crippen molar-refractivity contribution in [3.8, 4) is 0 Å². The SMILES string of the molecule is CC(C)(C)OC(=O)CCC(CO)NC(=O)CCNC(=O)C1=CC2OC(C3CC3)(C3CC3)OC2C(OC(=O)c2ccc(C=CC(=O)OC3C(=O)OCC3(C)C)cc2)C1. The van der Waals surface area contributed by atoms with Crippen LogP contribution < -0.4 is 10.6 Å². The Morgan fingerprint density at radius 3 is 2.26 bits per heavy atom. The molecule has 0 bridgehead atoms. The van der Waals surface area contributed by atoms with Crippen LogP contribution in [0, 0.1) is 17.3 Å². The highest BCUT2D eigenvalue weighted by molar-refractivity contribution is 5.95. The van der Waals surface area contributed by atoms with E-state index >= 15 is 0 Å². The van der Waals surface area contributed by atoms with E-state index in [1.807, 2.05) is 0 Å². The molecule has 2 saturated heterocycles. The van der Waals surface area contributed by atoms with Crippen molar-refractivity contribution in [2.45, 2.75) is 128 Å². The van der Waals surface area contributed by atoms with E-state index in [1.165, 1.54) is 12.2 Å². The van der Waals surface area contributed by atoms with E-state index in [9.17, 15) is 33.9 Å². The second-order valence-electron chi connectivity index (χ2n) is 17.2. The lowest BCUT2D eigenvalue weighted by atomic mass is 9.90. The average molecular weight is 795 g/mol. The molecule has 2 saturated carbocycles. The smallest absolute Gasteiger partial charge is 0.348 e. The Hall–Kier alpha value is -4.60. The summed E-state index contributed by atoms with van der Waals surface area (Å²) in [5.41, 5.74) is -0.0869. The summed E-state index contributed by atoms with van der Waals surface area (Å²) in [7, 11) is 0. The number of rotatable bonds is 16. The number of nitrogens with one attached hydrogen (secondary N) is 2. The highest BCUT2D eigenvalue weighted by Gasteiger charge is 2.64. The van der Waals surface area contributed by atoms with Crippen LogP contribution in [0.4, 0.5) is 0 Å². The summed E-state index contributed by atoms with van der Waals surface area (Å²) in [6.07, 6.45) is 5.46. The fraction of sp³-hybridized carbons (Fsp3) is 0.619. The molecule has 6 rings (SSSR count). The van der Waals surface area contributed by atoms with Crippen LogP contribution in [0.3, 0.4) is 0 Å². The molecule has 1 aromatic carbocycles. The number of cyclic esters (lactones) is 1. The van der Waals surface area contributed by atoms with Crippen LogP contribution in [0.15, 0.2) is 42.0 Å². The van der Waals surface area contributed by atoms with Crippen molar-refractivity contribution >= 4 is 41.8 Å². The molecule has 15 heteroatoms. The second kappa shape index (κ2) is 17.1. The van der Waals surface area contributed by atoms with Gasteiger partial charge in [0.05, 0.1) is 18.2 Å². The van der Waals surface area contributed by atoms with Gasteiger partial charge in [0.1, 0.15) is 30.5 Å². The van der Waals surface area contributed by atoms with Gasteiger partial charge in [-0.25, -0.2) is 14.4 Å². The fourth-order valence-electron chi connectivity index (χ4n) is 7.36. The van der Waals surface area contributed by atoms with E-state index in [-0.39, 0.29) is 62.8 Å². The molecule has 5 aliphatic rings. The van der Waals surface area contributed by atoms with Gasteiger partial charge in [0.25, 0.3) is 0 Å². The Bertz CT molecular complexity index is 1760. The van der Waals surface area contributed by atoms with Crippen LogP contribution in [0.2, 0.25) is 0 Å². The molecule has 4 fully saturated rings. The average Bonchev–Trinajstić information content (AvgIpc) is 4.10. The third kappa shape index (κ3) is 10.7. The third-order valence-electron chi connectivity index (χ3n) is 10.6. The number of benzene rings is 1. The van der Waals surface area contributed by atoms with Crippen LogP contribution in [-0.4, -0.2) is 102 Å². The summed E-state index contributed by atoms with van der Waals surface area (Å²) in [6.45, 7) is 8.63. The van der Waals surface area contributed by atoms with Gasteiger partial charge in [-0.1, -0.05) is 26.0 Å². The monoisotopic (exact) mass is 794 g/mol. The zero-order valence-electron chi connectivity index (χ0n) is 33.2. The van der Waals surface area contributed by atoms with Crippen molar-refractivity contribution in [2.75, 3.05) is 19.8 Å². The molecule has 310 valence electrons. The van der Waals surface area contributed by atoms with Gasteiger partial charge in [0, 0.05) is 54.7 Å².